The normalized spacial score (nSPS) is 13.1. The number of phenols is 2. The molecule has 1 amide bonds. The Morgan fingerprint density at radius 1 is 0.972 bits per heavy atom. The number of phenolic OH excluding ortho intramolecular Hbond substituents is 2. The van der Waals surface area contributed by atoms with E-state index in [1.165, 1.54) is 18.2 Å². The molecule has 7 nitrogen and oxygen atoms in total. The first-order valence-corrected chi connectivity index (χ1v) is 11.7. The van der Waals surface area contributed by atoms with Crippen LogP contribution in [0, 0.1) is 5.82 Å². The highest BCUT2D eigenvalue weighted by Gasteiger charge is 2.29. The first-order chi connectivity index (χ1) is 17.1. The van der Waals surface area contributed by atoms with Crippen LogP contribution in [0.4, 0.5) is 15.9 Å². The Labute approximate surface area is 208 Å². The Balaban J connectivity index is 1.55. The van der Waals surface area contributed by atoms with E-state index in [0.29, 0.717) is 30.2 Å². The van der Waals surface area contributed by atoms with Gasteiger partial charge in [-0.05, 0) is 44.0 Å². The van der Waals surface area contributed by atoms with Gasteiger partial charge in [0.25, 0.3) is 5.91 Å². The van der Waals surface area contributed by atoms with Gasteiger partial charge in [-0.3, -0.25) is 4.79 Å². The minimum Gasteiger partial charge on any atom is -0.508 e. The van der Waals surface area contributed by atoms with Crippen molar-refractivity contribution in [2.45, 2.75) is 39.4 Å². The highest BCUT2D eigenvalue weighted by atomic mass is 19.1. The summed E-state index contributed by atoms with van der Waals surface area (Å²) in [5, 5.41) is 28.8. The predicted molar refractivity (Wildman–Crippen MR) is 136 cm³/mol. The Morgan fingerprint density at radius 3 is 2.31 bits per heavy atom. The van der Waals surface area contributed by atoms with E-state index in [-0.39, 0.29) is 34.5 Å². The summed E-state index contributed by atoms with van der Waals surface area (Å²) in [6.07, 6.45) is 0. The highest BCUT2D eigenvalue weighted by Crippen LogP contribution is 2.37. The summed E-state index contributed by atoms with van der Waals surface area (Å²) >= 11 is 0. The summed E-state index contributed by atoms with van der Waals surface area (Å²) in [5.41, 5.74) is 3.09. The topological polar surface area (TPSA) is 90.6 Å². The van der Waals surface area contributed by atoms with Gasteiger partial charge in [-0.1, -0.05) is 36.4 Å². The van der Waals surface area contributed by atoms with Crippen molar-refractivity contribution < 1.29 is 19.4 Å². The number of hydrogen-bond acceptors (Lipinski definition) is 5. The Kier molecular flexibility index (Phi) is 5.67. The summed E-state index contributed by atoms with van der Waals surface area (Å²) in [6, 6.07) is 18.3. The van der Waals surface area contributed by atoms with Gasteiger partial charge in [0.2, 0.25) is 0 Å². The monoisotopic (exact) mass is 486 g/mol. The van der Waals surface area contributed by atoms with E-state index in [2.05, 4.69) is 10.4 Å². The molecule has 1 aliphatic rings. The van der Waals surface area contributed by atoms with Crippen LogP contribution < -0.4 is 5.32 Å². The fourth-order valence-corrected chi connectivity index (χ4v) is 4.48. The third-order valence-electron chi connectivity index (χ3n) is 6.17. The van der Waals surface area contributed by atoms with Crippen LogP contribution in [0.2, 0.25) is 0 Å². The van der Waals surface area contributed by atoms with Crippen molar-refractivity contribution in [1.29, 1.82) is 0 Å². The minimum atomic E-state index is -0.465. The molecule has 0 atom stereocenters. The average Bonchev–Trinajstić information content (AvgIpc) is 3.43. The molecule has 3 aromatic carbocycles. The summed E-state index contributed by atoms with van der Waals surface area (Å²) in [7, 11) is 0. The van der Waals surface area contributed by atoms with Crippen molar-refractivity contribution >= 4 is 17.4 Å². The Morgan fingerprint density at radius 2 is 1.67 bits per heavy atom. The van der Waals surface area contributed by atoms with Gasteiger partial charge in [0, 0.05) is 36.9 Å². The predicted octanol–water partition coefficient (Wildman–Crippen LogP) is 5.76. The van der Waals surface area contributed by atoms with Crippen molar-refractivity contribution in [2.24, 2.45) is 0 Å². The molecule has 0 aliphatic carbocycles. The van der Waals surface area contributed by atoms with Crippen LogP contribution in [0.15, 0.2) is 66.7 Å². The van der Waals surface area contributed by atoms with E-state index in [9.17, 15) is 19.4 Å². The second-order valence-corrected chi connectivity index (χ2v) is 9.95. The van der Waals surface area contributed by atoms with Gasteiger partial charge in [-0.2, -0.15) is 5.10 Å². The van der Waals surface area contributed by atoms with Crippen LogP contribution in [-0.2, 0) is 18.6 Å². The number of anilines is 2. The molecule has 0 unspecified atom stereocenters. The number of hydrogen-bond donors (Lipinski definition) is 3. The molecule has 0 saturated carbocycles. The second kappa shape index (κ2) is 8.71. The fourth-order valence-electron chi connectivity index (χ4n) is 4.48. The zero-order valence-electron chi connectivity index (χ0n) is 20.3. The van der Waals surface area contributed by atoms with Crippen LogP contribution in [0.5, 0.6) is 11.5 Å². The minimum absolute atomic E-state index is 0.0505. The maximum Gasteiger partial charge on any atom is 0.260 e. The van der Waals surface area contributed by atoms with Gasteiger partial charge in [0.1, 0.15) is 28.7 Å². The van der Waals surface area contributed by atoms with Crippen LogP contribution in [0.1, 0.15) is 42.3 Å². The Hall–Kier alpha value is -4.33. The fraction of sp³-hybridized carbons (Fsp3) is 0.214. The third-order valence-corrected chi connectivity index (χ3v) is 6.17. The Bertz CT molecular complexity index is 1450. The molecule has 3 N–H and O–H groups in total. The van der Waals surface area contributed by atoms with Crippen LogP contribution in [0.3, 0.4) is 0 Å². The summed E-state index contributed by atoms with van der Waals surface area (Å²) in [4.78, 5) is 15.2. The number of amides is 1. The van der Waals surface area contributed by atoms with Gasteiger partial charge < -0.3 is 20.4 Å². The lowest BCUT2D eigenvalue weighted by molar-refractivity contribution is 0.0749. The van der Waals surface area contributed by atoms with Crippen LogP contribution in [0.25, 0.3) is 11.3 Å². The standard InChI is InChI=1S/C28H27FN4O3/c1-28(2,3)33-25(14-22(31-33)17-9-6-10-20(29)11-17)30-23-12-21(34)13-24(35)26(23)27(36)32-15-18-7-4-5-8-19(18)16-32/h4-14,30,34-35H,15-16H2,1-3H3. The second-order valence-electron chi connectivity index (χ2n) is 9.95. The smallest absolute Gasteiger partial charge is 0.260 e. The lowest BCUT2D eigenvalue weighted by atomic mass is 10.1. The lowest BCUT2D eigenvalue weighted by Gasteiger charge is -2.24. The third kappa shape index (κ3) is 4.37. The molecule has 0 fully saturated rings. The summed E-state index contributed by atoms with van der Waals surface area (Å²) in [6.45, 7) is 6.76. The molecule has 0 spiro atoms. The van der Waals surface area contributed by atoms with Gasteiger partial charge in [-0.15, -0.1) is 0 Å². The number of rotatable bonds is 4. The molecular formula is C28H27FN4O3. The lowest BCUT2D eigenvalue weighted by Crippen LogP contribution is -2.27. The molecule has 184 valence electrons. The summed E-state index contributed by atoms with van der Waals surface area (Å²) in [5.74, 6) is -0.734. The van der Waals surface area contributed by atoms with E-state index >= 15 is 0 Å². The molecule has 1 aliphatic heterocycles. The van der Waals surface area contributed by atoms with Gasteiger partial charge in [0.15, 0.2) is 0 Å². The molecular weight excluding hydrogens is 459 g/mol. The molecule has 8 heteroatoms. The molecule has 0 saturated heterocycles. The quantitative estimate of drug-likeness (QED) is 0.341. The van der Waals surface area contributed by atoms with Crippen LogP contribution in [-0.4, -0.2) is 30.8 Å². The van der Waals surface area contributed by atoms with E-state index < -0.39 is 5.54 Å². The van der Waals surface area contributed by atoms with Crippen molar-refractivity contribution in [1.82, 2.24) is 14.7 Å². The number of nitrogens with one attached hydrogen (secondary N) is 1. The number of benzene rings is 3. The largest absolute Gasteiger partial charge is 0.508 e. The molecule has 5 rings (SSSR count). The molecule has 2 heterocycles. The SMILES string of the molecule is CC(C)(C)n1nc(-c2cccc(F)c2)cc1Nc1cc(O)cc(O)c1C(=O)N1Cc2ccccc2C1. The zero-order chi connectivity index (χ0) is 25.6. The maximum atomic E-state index is 13.9. The van der Waals surface area contributed by atoms with Crippen molar-refractivity contribution in [3.8, 4) is 22.8 Å². The number of aromatic hydroxyl groups is 2. The number of carbonyl (C=O) groups excluding carboxylic acids is 1. The molecule has 36 heavy (non-hydrogen) atoms. The number of nitrogens with zero attached hydrogens (tertiary/aromatic N) is 3. The van der Waals surface area contributed by atoms with E-state index in [1.807, 2.05) is 45.0 Å². The van der Waals surface area contributed by atoms with E-state index in [4.69, 9.17) is 0 Å². The number of halogens is 1. The molecule has 0 bridgehead atoms. The van der Waals surface area contributed by atoms with Crippen molar-refractivity contribution in [3.05, 3.63) is 89.2 Å². The summed E-state index contributed by atoms with van der Waals surface area (Å²) < 4.78 is 15.6. The number of fused-ring (bicyclic) bond motifs is 1. The van der Waals surface area contributed by atoms with Crippen LogP contribution >= 0.6 is 0 Å². The highest BCUT2D eigenvalue weighted by molar-refractivity contribution is 6.03. The molecule has 0 radical (unpaired) electrons. The molecule has 4 aromatic rings. The van der Waals surface area contributed by atoms with Crippen molar-refractivity contribution in [2.75, 3.05) is 5.32 Å². The van der Waals surface area contributed by atoms with E-state index in [0.717, 1.165) is 17.2 Å². The number of aromatic nitrogens is 2. The first-order valence-electron chi connectivity index (χ1n) is 11.7. The van der Waals surface area contributed by atoms with Gasteiger partial charge in [0.05, 0.1) is 16.9 Å². The van der Waals surface area contributed by atoms with Crippen molar-refractivity contribution in [3.63, 3.8) is 0 Å². The number of carbonyl (C=O) groups is 1. The average molecular weight is 487 g/mol. The maximum absolute atomic E-state index is 13.9. The molecule has 1 aromatic heterocycles. The van der Waals surface area contributed by atoms with Gasteiger partial charge >= 0.3 is 0 Å². The van der Waals surface area contributed by atoms with E-state index in [1.54, 1.807) is 27.8 Å². The first kappa shape index (κ1) is 23.4. The zero-order valence-corrected chi connectivity index (χ0v) is 20.3. The van der Waals surface area contributed by atoms with Gasteiger partial charge in [-0.25, -0.2) is 9.07 Å².